The number of nitrogens with one attached hydrogen (secondary N) is 2. The van der Waals surface area contributed by atoms with Crippen LogP contribution in [0.25, 0.3) is 0 Å². The molecular weight excluding hydrogens is 292 g/mol. The smallest absolute Gasteiger partial charge is 0.244 e. The van der Waals surface area contributed by atoms with Crippen molar-refractivity contribution in [2.75, 3.05) is 17.2 Å². The van der Waals surface area contributed by atoms with E-state index in [9.17, 15) is 4.79 Å². The van der Waals surface area contributed by atoms with Crippen LogP contribution in [0.1, 0.15) is 11.3 Å². The van der Waals surface area contributed by atoms with Gasteiger partial charge in [-0.1, -0.05) is 17.7 Å². The lowest BCUT2D eigenvalue weighted by molar-refractivity contribution is -0.114. The van der Waals surface area contributed by atoms with Crippen molar-refractivity contribution in [1.82, 2.24) is 9.78 Å². The van der Waals surface area contributed by atoms with E-state index >= 15 is 0 Å². The van der Waals surface area contributed by atoms with E-state index in [2.05, 4.69) is 15.7 Å². The topological polar surface area (TPSA) is 79.2 Å². The second-order valence-electron chi connectivity index (χ2n) is 4.67. The number of amides is 1. The molecule has 1 aromatic carbocycles. The van der Waals surface area contributed by atoms with Crippen LogP contribution >= 0.6 is 11.6 Å². The van der Waals surface area contributed by atoms with Crippen molar-refractivity contribution in [2.24, 2.45) is 7.05 Å². The van der Waals surface area contributed by atoms with Gasteiger partial charge in [-0.3, -0.25) is 9.48 Å². The normalized spacial score (nSPS) is 10.5. The van der Waals surface area contributed by atoms with Gasteiger partial charge in [0.05, 0.1) is 29.6 Å². The Morgan fingerprint density at radius 3 is 2.81 bits per heavy atom. The molecule has 0 radical (unpaired) electrons. The molecule has 3 N–H and O–H groups in total. The Morgan fingerprint density at radius 1 is 1.43 bits per heavy atom. The monoisotopic (exact) mass is 308 g/mol. The zero-order valence-corrected chi connectivity index (χ0v) is 12.6. The summed E-state index contributed by atoms with van der Waals surface area (Å²) in [7, 11) is 1.76. The van der Waals surface area contributed by atoms with Gasteiger partial charge in [-0.05, 0) is 24.6 Å². The molecule has 0 atom stereocenters. The number of carbonyl (C=O) groups is 1. The predicted molar refractivity (Wildman–Crippen MR) is 82.4 cm³/mol. The molecule has 21 heavy (non-hydrogen) atoms. The van der Waals surface area contributed by atoms with Crippen LogP contribution in [-0.2, 0) is 18.4 Å². The summed E-state index contributed by atoms with van der Waals surface area (Å²) in [6, 6.07) is 6.91. The molecule has 2 rings (SSSR count). The van der Waals surface area contributed by atoms with Crippen LogP contribution in [0.3, 0.4) is 0 Å². The van der Waals surface area contributed by atoms with Gasteiger partial charge in [0.2, 0.25) is 5.91 Å². The van der Waals surface area contributed by atoms with Gasteiger partial charge in [0.1, 0.15) is 5.82 Å². The summed E-state index contributed by atoms with van der Waals surface area (Å²) in [6.07, 6.45) is 0. The highest BCUT2D eigenvalue weighted by molar-refractivity contribution is 6.33. The number of aliphatic hydroxyl groups is 1. The minimum Gasteiger partial charge on any atom is -0.392 e. The number of rotatable bonds is 5. The summed E-state index contributed by atoms with van der Waals surface area (Å²) < 4.78 is 1.60. The second-order valence-corrected chi connectivity index (χ2v) is 5.08. The molecule has 1 aromatic heterocycles. The van der Waals surface area contributed by atoms with E-state index in [0.29, 0.717) is 16.5 Å². The maximum absolute atomic E-state index is 11.9. The zero-order chi connectivity index (χ0) is 15.4. The van der Waals surface area contributed by atoms with Crippen molar-refractivity contribution in [3.05, 3.63) is 40.5 Å². The molecule has 0 fully saturated rings. The van der Waals surface area contributed by atoms with E-state index in [0.717, 1.165) is 11.3 Å². The van der Waals surface area contributed by atoms with Crippen LogP contribution in [0.2, 0.25) is 5.02 Å². The number of anilines is 2. The van der Waals surface area contributed by atoms with E-state index in [1.165, 1.54) is 0 Å². The van der Waals surface area contributed by atoms with Crippen molar-refractivity contribution in [3.8, 4) is 0 Å². The molecule has 0 saturated carbocycles. The van der Waals surface area contributed by atoms with Gasteiger partial charge < -0.3 is 15.7 Å². The van der Waals surface area contributed by atoms with E-state index in [1.807, 2.05) is 6.92 Å². The van der Waals surface area contributed by atoms with Crippen molar-refractivity contribution >= 4 is 29.0 Å². The Labute approximate surface area is 127 Å². The Balaban J connectivity index is 1.96. The highest BCUT2D eigenvalue weighted by Gasteiger charge is 2.08. The first-order chi connectivity index (χ1) is 9.99. The Bertz CT molecular complexity index is 654. The van der Waals surface area contributed by atoms with E-state index in [4.69, 9.17) is 16.7 Å². The quantitative estimate of drug-likeness (QED) is 0.788. The van der Waals surface area contributed by atoms with Gasteiger partial charge in [-0.15, -0.1) is 0 Å². The highest BCUT2D eigenvalue weighted by Crippen LogP contribution is 2.22. The van der Waals surface area contributed by atoms with Crippen LogP contribution in [0, 0.1) is 6.92 Å². The third-order valence-corrected chi connectivity index (χ3v) is 3.25. The lowest BCUT2D eigenvalue weighted by atomic mass is 10.2. The van der Waals surface area contributed by atoms with Crippen molar-refractivity contribution in [3.63, 3.8) is 0 Å². The SMILES string of the molecule is Cc1cc(NC(=O)CNc2cc(CO)ccc2Cl)n(C)n1. The number of hydrogen-bond donors (Lipinski definition) is 3. The van der Waals surface area contributed by atoms with Gasteiger partial charge in [0.15, 0.2) is 0 Å². The fourth-order valence-corrected chi connectivity index (χ4v) is 2.08. The zero-order valence-electron chi connectivity index (χ0n) is 11.9. The molecule has 1 heterocycles. The number of nitrogens with zero attached hydrogens (tertiary/aromatic N) is 2. The van der Waals surface area contributed by atoms with Crippen molar-refractivity contribution < 1.29 is 9.90 Å². The minimum absolute atomic E-state index is 0.0683. The van der Waals surface area contributed by atoms with E-state index < -0.39 is 0 Å². The van der Waals surface area contributed by atoms with Crippen LogP contribution in [0.4, 0.5) is 11.5 Å². The molecule has 0 unspecified atom stereocenters. The van der Waals surface area contributed by atoms with Gasteiger partial charge in [-0.25, -0.2) is 0 Å². The average molecular weight is 309 g/mol. The van der Waals surface area contributed by atoms with Crippen molar-refractivity contribution in [1.29, 1.82) is 0 Å². The number of carbonyl (C=O) groups excluding carboxylic acids is 1. The van der Waals surface area contributed by atoms with Crippen LogP contribution in [0.5, 0.6) is 0 Å². The number of aromatic nitrogens is 2. The largest absolute Gasteiger partial charge is 0.392 e. The predicted octanol–water partition coefficient (Wildman–Crippen LogP) is 1.92. The van der Waals surface area contributed by atoms with Crippen molar-refractivity contribution in [2.45, 2.75) is 13.5 Å². The molecular formula is C14H17ClN4O2. The number of aryl methyl sites for hydroxylation is 2. The molecule has 0 saturated heterocycles. The molecule has 6 nitrogen and oxygen atoms in total. The van der Waals surface area contributed by atoms with E-state index in [-0.39, 0.29) is 19.1 Å². The molecule has 1 amide bonds. The maximum Gasteiger partial charge on any atom is 0.244 e. The van der Waals surface area contributed by atoms with Gasteiger partial charge >= 0.3 is 0 Å². The number of hydrogen-bond acceptors (Lipinski definition) is 4. The third kappa shape index (κ3) is 3.96. The molecule has 0 bridgehead atoms. The number of aliphatic hydroxyl groups excluding tert-OH is 1. The summed E-state index contributed by atoms with van der Waals surface area (Å²) >= 11 is 6.04. The molecule has 2 aromatic rings. The first kappa shape index (κ1) is 15.3. The molecule has 0 aliphatic carbocycles. The minimum atomic E-state index is -0.205. The Kier molecular flexibility index (Phi) is 4.82. The first-order valence-corrected chi connectivity index (χ1v) is 6.81. The van der Waals surface area contributed by atoms with Crippen LogP contribution in [-0.4, -0.2) is 27.3 Å². The average Bonchev–Trinajstić information content (AvgIpc) is 2.76. The summed E-state index contributed by atoms with van der Waals surface area (Å²) in [5, 5.41) is 19.5. The fraction of sp³-hybridized carbons (Fsp3) is 0.286. The summed E-state index contributed by atoms with van der Waals surface area (Å²) in [4.78, 5) is 11.9. The van der Waals surface area contributed by atoms with Crippen LogP contribution in [0.15, 0.2) is 24.3 Å². The Morgan fingerprint density at radius 2 is 2.19 bits per heavy atom. The second kappa shape index (κ2) is 6.60. The van der Waals surface area contributed by atoms with Gasteiger partial charge in [0, 0.05) is 13.1 Å². The van der Waals surface area contributed by atoms with Crippen LogP contribution < -0.4 is 10.6 Å². The Hall–Kier alpha value is -2.05. The molecule has 112 valence electrons. The lowest BCUT2D eigenvalue weighted by Gasteiger charge is -2.10. The summed E-state index contributed by atoms with van der Waals surface area (Å²) in [6.45, 7) is 1.85. The summed E-state index contributed by atoms with van der Waals surface area (Å²) in [5.41, 5.74) is 2.17. The first-order valence-electron chi connectivity index (χ1n) is 6.43. The molecule has 0 aliphatic heterocycles. The fourth-order valence-electron chi connectivity index (χ4n) is 1.90. The molecule has 0 aliphatic rings. The highest BCUT2D eigenvalue weighted by atomic mass is 35.5. The standard InChI is InChI=1S/C14H17ClN4O2/c1-9-5-13(19(2)18-9)17-14(21)7-16-12-6-10(8-20)3-4-11(12)15/h3-6,16,20H,7-8H2,1-2H3,(H,17,21). The van der Waals surface area contributed by atoms with Gasteiger partial charge in [0.25, 0.3) is 0 Å². The van der Waals surface area contributed by atoms with Gasteiger partial charge in [-0.2, -0.15) is 5.10 Å². The number of halogens is 1. The van der Waals surface area contributed by atoms with E-state index in [1.54, 1.807) is 36.0 Å². The maximum atomic E-state index is 11.9. The summed E-state index contributed by atoms with van der Waals surface area (Å²) in [5.74, 6) is 0.429. The molecule has 0 spiro atoms. The lowest BCUT2D eigenvalue weighted by Crippen LogP contribution is -2.23. The third-order valence-electron chi connectivity index (χ3n) is 2.92. The molecule has 7 heteroatoms. The number of benzene rings is 1.